The van der Waals surface area contributed by atoms with Gasteiger partial charge in [0.2, 0.25) is 0 Å². The Morgan fingerprint density at radius 2 is 2.24 bits per heavy atom. The fourth-order valence-electron chi connectivity index (χ4n) is 1.71. The molecular formula is C12H13F2N3. The molecular weight excluding hydrogens is 224 g/mol. The van der Waals surface area contributed by atoms with Crippen LogP contribution in [-0.4, -0.2) is 17.0 Å². The molecule has 2 N–H and O–H groups in total. The van der Waals surface area contributed by atoms with Gasteiger partial charge in [-0.1, -0.05) is 6.07 Å². The Hall–Kier alpha value is -1.75. The number of hydrogen-bond donors (Lipinski definition) is 2. The second-order valence-electron chi connectivity index (χ2n) is 3.76. The van der Waals surface area contributed by atoms with Gasteiger partial charge in [0, 0.05) is 18.5 Å². The average molecular weight is 237 g/mol. The third-order valence-electron chi connectivity index (χ3n) is 2.64. The summed E-state index contributed by atoms with van der Waals surface area (Å²) in [6.45, 7) is 0. The first-order valence-corrected chi connectivity index (χ1v) is 5.31. The van der Waals surface area contributed by atoms with Gasteiger partial charge in [0.1, 0.15) is 17.5 Å². The first kappa shape index (κ1) is 11.7. The van der Waals surface area contributed by atoms with Gasteiger partial charge >= 0.3 is 0 Å². The van der Waals surface area contributed by atoms with Crippen LogP contribution in [0.1, 0.15) is 17.4 Å². The molecule has 5 heteroatoms. The van der Waals surface area contributed by atoms with Gasteiger partial charge in [-0.2, -0.15) is 0 Å². The molecule has 90 valence electrons. The van der Waals surface area contributed by atoms with E-state index in [4.69, 9.17) is 0 Å². The second kappa shape index (κ2) is 5.05. The normalized spacial score (nSPS) is 12.6. The molecule has 3 nitrogen and oxygen atoms in total. The predicted octanol–water partition coefficient (Wildman–Crippen LogP) is 2.19. The number of benzene rings is 1. The number of aromatic amines is 1. The van der Waals surface area contributed by atoms with E-state index in [1.54, 1.807) is 19.4 Å². The third-order valence-corrected chi connectivity index (χ3v) is 2.64. The lowest BCUT2D eigenvalue weighted by atomic mass is 10.0. The Bertz CT molecular complexity index is 483. The molecule has 2 rings (SSSR count). The molecule has 2 aromatic rings. The highest BCUT2D eigenvalue weighted by atomic mass is 19.1. The lowest BCUT2D eigenvalue weighted by molar-refractivity contribution is 0.527. The van der Waals surface area contributed by atoms with E-state index in [0.717, 1.165) is 11.9 Å². The van der Waals surface area contributed by atoms with Crippen molar-refractivity contribution in [2.45, 2.75) is 12.5 Å². The van der Waals surface area contributed by atoms with Crippen LogP contribution in [0, 0.1) is 11.6 Å². The van der Waals surface area contributed by atoms with Gasteiger partial charge < -0.3 is 10.3 Å². The topological polar surface area (TPSA) is 40.7 Å². The largest absolute Gasteiger partial charge is 0.347 e. The van der Waals surface area contributed by atoms with Crippen molar-refractivity contribution >= 4 is 0 Å². The number of imidazole rings is 1. The number of H-pyrrole nitrogens is 1. The van der Waals surface area contributed by atoms with Crippen LogP contribution in [-0.2, 0) is 6.42 Å². The summed E-state index contributed by atoms with van der Waals surface area (Å²) in [6.07, 6.45) is 3.76. The molecule has 0 amide bonds. The van der Waals surface area contributed by atoms with Crippen LogP contribution in [0.3, 0.4) is 0 Å². The van der Waals surface area contributed by atoms with Crippen molar-refractivity contribution in [1.82, 2.24) is 15.3 Å². The van der Waals surface area contributed by atoms with Crippen molar-refractivity contribution in [2.24, 2.45) is 0 Å². The summed E-state index contributed by atoms with van der Waals surface area (Å²) in [4.78, 5) is 7.09. The summed E-state index contributed by atoms with van der Waals surface area (Å²) in [6, 6.07) is 3.49. The molecule has 1 atom stereocenters. The summed E-state index contributed by atoms with van der Waals surface area (Å²) < 4.78 is 26.3. The minimum atomic E-state index is -0.565. The van der Waals surface area contributed by atoms with E-state index in [9.17, 15) is 8.78 Å². The van der Waals surface area contributed by atoms with Gasteiger partial charge in [-0.15, -0.1) is 0 Å². The lowest BCUT2D eigenvalue weighted by Crippen LogP contribution is -2.20. The minimum absolute atomic E-state index is 0.120. The Morgan fingerprint density at radius 3 is 2.82 bits per heavy atom. The van der Waals surface area contributed by atoms with Crippen LogP contribution in [0.15, 0.2) is 30.6 Å². The Kier molecular flexibility index (Phi) is 3.49. The summed E-state index contributed by atoms with van der Waals surface area (Å²) in [5, 5.41) is 3.04. The Morgan fingerprint density at radius 1 is 1.41 bits per heavy atom. The monoisotopic (exact) mass is 237 g/mol. The number of nitrogens with zero attached hydrogens (tertiary/aromatic N) is 1. The summed E-state index contributed by atoms with van der Waals surface area (Å²) in [7, 11) is 1.77. The zero-order valence-corrected chi connectivity index (χ0v) is 9.37. The van der Waals surface area contributed by atoms with Crippen molar-refractivity contribution in [3.8, 4) is 0 Å². The van der Waals surface area contributed by atoms with Crippen molar-refractivity contribution in [2.75, 3.05) is 7.05 Å². The van der Waals surface area contributed by atoms with Crippen LogP contribution in [0.4, 0.5) is 8.78 Å². The number of nitrogens with one attached hydrogen (secondary N) is 2. The fraction of sp³-hybridized carbons (Fsp3) is 0.250. The van der Waals surface area contributed by atoms with Gasteiger partial charge in [-0.05, 0) is 25.1 Å². The average Bonchev–Trinajstić information content (AvgIpc) is 2.81. The summed E-state index contributed by atoms with van der Waals surface area (Å²) in [5.41, 5.74) is 0.460. The highest BCUT2D eigenvalue weighted by Gasteiger charge is 2.14. The standard InChI is InChI=1S/C12H13F2N3/c1-15-11(12-16-4-5-17-12)6-8-2-3-9(13)7-10(8)14/h2-5,7,11,15H,6H2,1H3,(H,16,17). The van der Waals surface area contributed by atoms with Crippen LogP contribution >= 0.6 is 0 Å². The predicted molar refractivity (Wildman–Crippen MR) is 60.5 cm³/mol. The molecule has 0 saturated heterocycles. The molecule has 0 aliphatic carbocycles. The number of aromatic nitrogens is 2. The van der Waals surface area contributed by atoms with E-state index < -0.39 is 11.6 Å². The smallest absolute Gasteiger partial charge is 0.129 e. The summed E-state index contributed by atoms with van der Waals surface area (Å²) >= 11 is 0. The number of rotatable bonds is 4. The van der Waals surface area contributed by atoms with Crippen LogP contribution in [0.5, 0.6) is 0 Å². The first-order valence-electron chi connectivity index (χ1n) is 5.31. The van der Waals surface area contributed by atoms with Crippen molar-refractivity contribution in [3.05, 3.63) is 53.6 Å². The maximum atomic E-state index is 13.5. The minimum Gasteiger partial charge on any atom is -0.347 e. The highest BCUT2D eigenvalue weighted by molar-refractivity contribution is 5.20. The third kappa shape index (κ3) is 2.68. The molecule has 0 bridgehead atoms. The van der Waals surface area contributed by atoms with Crippen LogP contribution in [0.2, 0.25) is 0 Å². The van der Waals surface area contributed by atoms with E-state index in [1.165, 1.54) is 12.1 Å². The van der Waals surface area contributed by atoms with E-state index in [1.807, 2.05) is 0 Å². The number of hydrogen-bond acceptors (Lipinski definition) is 2. The van der Waals surface area contributed by atoms with Gasteiger partial charge in [-0.3, -0.25) is 0 Å². The maximum Gasteiger partial charge on any atom is 0.129 e. The second-order valence-corrected chi connectivity index (χ2v) is 3.76. The van der Waals surface area contributed by atoms with Crippen molar-refractivity contribution < 1.29 is 8.78 Å². The number of likely N-dealkylation sites (N-methyl/N-ethyl adjacent to an activating group) is 1. The molecule has 1 aromatic heterocycles. The van der Waals surface area contributed by atoms with E-state index in [2.05, 4.69) is 15.3 Å². The Balaban J connectivity index is 2.19. The van der Waals surface area contributed by atoms with E-state index >= 15 is 0 Å². The molecule has 0 fully saturated rings. The molecule has 0 spiro atoms. The Labute approximate surface area is 97.9 Å². The molecule has 1 aromatic carbocycles. The van der Waals surface area contributed by atoms with Crippen molar-refractivity contribution in [3.63, 3.8) is 0 Å². The van der Waals surface area contributed by atoms with Crippen molar-refractivity contribution in [1.29, 1.82) is 0 Å². The molecule has 0 aliphatic heterocycles. The summed E-state index contributed by atoms with van der Waals surface area (Å²) in [5.74, 6) is -0.363. The quantitative estimate of drug-likeness (QED) is 0.855. The lowest BCUT2D eigenvalue weighted by Gasteiger charge is -2.14. The van der Waals surface area contributed by atoms with Gasteiger partial charge in [0.15, 0.2) is 0 Å². The van der Waals surface area contributed by atoms with Gasteiger partial charge in [0.25, 0.3) is 0 Å². The fourth-order valence-corrected chi connectivity index (χ4v) is 1.71. The van der Waals surface area contributed by atoms with E-state index in [-0.39, 0.29) is 6.04 Å². The zero-order valence-electron chi connectivity index (χ0n) is 9.37. The molecule has 1 heterocycles. The molecule has 0 radical (unpaired) electrons. The van der Waals surface area contributed by atoms with Gasteiger partial charge in [0.05, 0.1) is 6.04 Å². The molecule has 0 saturated carbocycles. The first-order chi connectivity index (χ1) is 8.20. The zero-order chi connectivity index (χ0) is 12.3. The molecule has 1 unspecified atom stereocenters. The highest BCUT2D eigenvalue weighted by Crippen LogP contribution is 2.17. The maximum absolute atomic E-state index is 13.5. The van der Waals surface area contributed by atoms with Crippen LogP contribution < -0.4 is 5.32 Å². The van der Waals surface area contributed by atoms with Crippen LogP contribution in [0.25, 0.3) is 0 Å². The number of halogens is 2. The molecule has 0 aliphatic rings. The van der Waals surface area contributed by atoms with E-state index in [0.29, 0.717) is 12.0 Å². The van der Waals surface area contributed by atoms with Gasteiger partial charge in [-0.25, -0.2) is 13.8 Å². The molecule has 17 heavy (non-hydrogen) atoms. The SMILES string of the molecule is CNC(Cc1ccc(F)cc1F)c1ncc[nH]1.